The number of carbonyl (C=O) groups excluding carboxylic acids is 2. The largest absolute Gasteiger partial charge is 0.478 e. The molecule has 3 N–H and O–H groups in total. The Morgan fingerprint density at radius 2 is 1.61 bits per heavy atom. The highest BCUT2D eigenvalue weighted by atomic mass is 79.9. The van der Waals surface area contributed by atoms with E-state index in [9.17, 15) is 19.5 Å². The highest BCUT2D eigenvalue weighted by molar-refractivity contribution is 9.10. The zero-order chi connectivity index (χ0) is 23.5. The number of rotatable bonds is 6. The number of carboxylic acids is 1. The lowest BCUT2D eigenvalue weighted by Crippen LogP contribution is -2.42. The van der Waals surface area contributed by atoms with Gasteiger partial charge < -0.3 is 20.5 Å². The molecule has 1 aliphatic rings. The van der Waals surface area contributed by atoms with Crippen molar-refractivity contribution in [1.82, 2.24) is 5.32 Å². The lowest BCUT2D eigenvalue weighted by molar-refractivity contribution is -0.117. The molecule has 0 heterocycles. The monoisotopic (exact) mass is 508 g/mol. The molecular weight excluding hydrogens is 488 g/mol. The molecule has 0 spiro atoms. The molecular formula is C25H21BrN2O5. The smallest absolute Gasteiger partial charge is 0.407 e. The fourth-order valence-electron chi connectivity index (χ4n) is 3.93. The minimum atomic E-state index is -1.18. The Bertz CT molecular complexity index is 1200. The van der Waals surface area contributed by atoms with Gasteiger partial charge in [0, 0.05) is 10.4 Å². The minimum Gasteiger partial charge on any atom is -0.478 e. The Morgan fingerprint density at radius 3 is 2.21 bits per heavy atom. The molecule has 0 aliphatic heterocycles. The van der Waals surface area contributed by atoms with Crippen LogP contribution in [0.1, 0.15) is 34.3 Å². The van der Waals surface area contributed by atoms with E-state index in [4.69, 9.17) is 4.74 Å². The Kier molecular flexibility index (Phi) is 6.46. The van der Waals surface area contributed by atoms with Crippen LogP contribution < -0.4 is 10.6 Å². The summed E-state index contributed by atoms with van der Waals surface area (Å²) in [5, 5.41) is 14.4. The first-order chi connectivity index (χ1) is 15.8. The quantitative estimate of drug-likeness (QED) is 0.433. The molecule has 1 unspecified atom stereocenters. The van der Waals surface area contributed by atoms with Gasteiger partial charge in [0.25, 0.3) is 0 Å². The van der Waals surface area contributed by atoms with Gasteiger partial charge in [0.1, 0.15) is 12.6 Å². The number of fused-ring (bicyclic) bond motifs is 3. The number of carbonyl (C=O) groups is 3. The standard InChI is InChI=1S/C25H21BrN2O5/c1-14(23(29)28-22-11-10-15(26)12-20(22)24(30)31)27-25(32)33-13-21-18-8-4-2-6-16(18)17-7-3-5-9-19(17)21/h2-12,14,21H,13H2,1H3,(H,27,32)(H,28,29)(H,30,31). The van der Waals surface area contributed by atoms with E-state index in [1.807, 2.05) is 48.5 Å². The van der Waals surface area contributed by atoms with Gasteiger partial charge in [0.15, 0.2) is 0 Å². The van der Waals surface area contributed by atoms with Gasteiger partial charge in [-0.3, -0.25) is 4.79 Å². The normalized spacial score (nSPS) is 12.9. The van der Waals surface area contributed by atoms with Crippen LogP contribution in [0.2, 0.25) is 0 Å². The molecule has 3 aromatic carbocycles. The minimum absolute atomic E-state index is 0.0638. The first-order valence-electron chi connectivity index (χ1n) is 10.3. The number of halogens is 1. The third-order valence-electron chi connectivity index (χ3n) is 5.54. The number of hydrogen-bond donors (Lipinski definition) is 3. The predicted octanol–water partition coefficient (Wildman–Crippen LogP) is 5.01. The molecule has 0 bridgehead atoms. The highest BCUT2D eigenvalue weighted by Crippen LogP contribution is 2.44. The summed E-state index contributed by atoms with van der Waals surface area (Å²) >= 11 is 3.21. The highest BCUT2D eigenvalue weighted by Gasteiger charge is 2.29. The number of ether oxygens (including phenoxy) is 1. The molecule has 7 nitrogen and oxygen atoms in total. The molecule has 33 heavy (non-hydrogen) atoms. The molecule has 0 fully saturated rings. The van der Waals surface area contributed by atoms with E-state index in [0.717, 1.165) is 22.3 Å². The maximum Gasteiger partial charge on any atom is 0.407 e. The molecule has 2 amide bonds. The van der Waals surface area contributed by atoms with Gasteiger partial charge in [0.05, 0.1) is 11.3 Å². The summed E-state index contributed by atoms with van der Waals surface area (Å²) in [5.41, 5.74) is 4.50. The summed E-state index contributed by atoms with van der Waals surface area (Å²) < 4.78 is 6.03. The van der Waals surface area contributed by atoms with Crippen LogP contribution in [-0.4, -0.2) is 35.7 Å². The summed E-state index contributed by atoms with van der Waals surface area (Å²) in [5.74, 6) is -1.83. The first kappa shape index (κ1) is 22.5. The lowest BCUT2D eigenvalue weighted by atomic mass is 9.98. The van der Waals surface area contributed by atoms with Gasteiger partial charge in [-0.2, -0.15) is 0 Å². The molecule has 0 saturated carbocycles. The van der Waals surface area contributed by atoms with Crippen LogP contribution in [-0.2, 0) is 9.53 Å². The average Bonchev–Trinajstić information content (AvgIpc) is 3.12. The van der Waals surface area contributed by atoms with Crippen LogP contribution in [0.3, 0.4) is 0 Å². The number of alkyl carbamates (subject to hydrolysis) is 1. The Labute approximate surface area is 198 Å². The summed E-state index contributed by atoms with van der Waals surface area (Å²) in [4.78, 5) is 36.3. The number of amides is 2. The van der Waals surface area contributed by atoms with Crippen molar-refractivity contribution in [2.24, 2.45) is 0 Å². The Balaban J connectivity index is 1.38. The molecule has 8 heteroatoms. The van der Waals surface area contributed by atoms with E-state index < -0.39 is 24.0 Å². The summed E-state index contributed by atoms with van der Waals surface area (Å²) in [6.45, 7) is 1.63. The third kappa shape index (κ3) is 4.75. The molecule has 168 valence electrons. The summed E-state index contributed by atoms with van der Waals surface area (Å²) in [6, 6.07) is 19.6. The second-order valence-corrected chi connectivity index (χ2v) is 8.59. The van der Waals surface area contributed by atoms with Crippen molar-refractivity contribution in [2.45, 2.75) is 18.9 Å². The van der Waals surface area contributed by atoms with Gasteiger partial charge in [-0.25, -0.2) is 9.59 Å². The van der Waals surface area contributed by atoms with Crippen molar-refractivity contribution in [3.8, 4) is 11.1 Å². The van der Waals surface area contributed by atoms with Crippen molar-refractivity contribution < 1.29 is 24.2 Å². The van der Waals surface area contributed by atoms with E-state index in [2.05, 4.69) is 26.6 Å². The number of hydrogen-bond acceptors (Lipinski definition) is 4. The second kappa shape index (κ2) is 9.46. The fourth-order valence-corrected chi connectivity index (χ4v) is 4.29. The molecule has 0 radical (unpaired) electrons. The van der Waals surface area contributed by atoms with Gasteiger partial charge in [0.2, 0.25) is 5.91 Å². The SMILES string of the molecule is CC(NC(=O)OCC1c2ccccc2-c2ccccc21)C(=O)Nc1ccc(Br)cc1C(=O)O. The molecule has 0 aromatic heterocycles. The van der Waals surface area contributed by atoms with Crippen molar-refractivity contribution in [3.63, 3.8) is 0 Å². The van der Waals surface area contributed by atoms with E-state index in [-0.39, 0.29) is 23.8 Å². The van der Waals surface area contributed by atoms with Crippen LogP contribution >= 0.6 is 15.9 Å². The Morgan fingerprint density at radius 1 is 1.00 bits per heavy atom. The number of anilines is 1. The molecule has 1 aliphatic carbocycles. The summed E-state index contributed by atoms with van der Waals surface area (Å²) in [6.07, 6.45) is -0.728. The van der Waals surface area contributed by atoms with Gasteiger partial charge in [-0.05, 0) is 47.4 Å². The molecule has 0 saturated heterocycles. The van der Waals surface area contributed by atoms with Crippen molar-refractivity contribution >= 4 is 39.6 Å². The van der Waals surface area contributed by atoms with Crippen LogP contribution in [0.5, 0.6) is 0 Å². The zero-order valence-corrected chi connectivity index (χ0v) is 19.3. The summed E-state index contributed by atoms with van der Waals surface area (Å²) in [7, 11) is 0. The maximum atomic E-state index is 12.5. The Hall–Kier alpha value is -3.65. The van der Waals surface area contributed by atoms with Gasteiger partial charge in [-0.15, -0.1) is 0 Å². The van der Waals surface area contributed by atoms with E-state index in [1.54, 1.807) is 6.07 Å². The van der Waals surface area contributed by atoms with Crippen LogP contribution in [0.25, 0.3) is 11.1 Å². The van der Waals surface area contributed by atoms with Crippen LogP contribution in [0.4, 0.5) is 10.5 Å². The van der Waals surface area contributed by atoms with Gasteiger partial charge in [-0.1, -0.05) is 64.5 Å². The number of carboxylic acid groups (broad SMARTS) is 1. The lowest BCUT2D eigenvalue weighted by Gasteiger charge is -2.17. The van der Waals surface area contributed by atoms with E-state index >= 15 is 0 Å². The zero-order valence-electron chi connectivity index (χ0n) is 17.7. The molecule has 1 atom stereocenters. The second-order valence-electron chi connectivity index (χ2n) is 7.68. The predicted molar refractivity (Wildman–Crippen MR) is 127 cm³/mol. The van der Waals surface area contributed by atoms with Crippen LogP contribution in [0.15, 0.2) is 71.2 Å². The molecule has 4 rings (SSSR count). The van der Waals surface area contributed by atoms with Gasteiger partial charge >= 0.3 is 12.1 Å². The third-order valence-corrected chi connectivity index (χ3v) is 6.03. The molecule has 3 aromatic rings. The van der Waals surface area contributed by atoms with Crippen molar-refractivity contribution in [3.05, 3.63) is 87.9 Å². The van der Waals surface area contributed by atoms with Crippen molar-refractivity contribution in [1.29, 1.82) is 0 Å². The first-order valence-corrected chi connectivity index (χ1v) is 11.1. The average molecular weight is 509 g/mol. The van der Waals surface area contributed by atoms with Crippen molar-refractivity contribution in [2.75, 3.05) is 11.9 Å². The number of nitrogens with one attached hydrogen (secondary N) is 2. The number of benzene rings is 3. The fraction of sp³-hybridized carbons (Fsp3) is 0.160. The van der Waals surface area contributed by atoms with E-state index in [0.29, 0.717) is 4.47 Å². The maximum absolute atomic E-state index is 12.5. The number of aromatic carboxylic acids is 1. The van der Waals surface area contributed by atoms with E-state index in [1.165, 1.54) is 19.1 Å². The van der Waals surface area contributed by atoms with Crippen LogP contribution in [0, 0.1) is 0 Å². The topological polar surface area (TPSA) is 105 Å².